The van der Waals surface area contributed by atoms with E-state index in [1.54, 1.807) is 18.2 Å². The molecule has 21 heavy (non-hydrogen) atoms. The number of fused-ring (bicyclic) bond motifs is 1. The molecule has 0 saturated carbocycles. The first kappa shape index (κ1) is 13.4. The normalized spacial score (nSPS) is 20.4. The molecule has 110 valence electrons. The van der Waals surface area contributed by atoms with Gasteiger partial charge in [-0.15, -0.1) is 0 Å². The van der Waals surface area contributed by atoms with Gasteiger partial charge in [-0.05, 0) is 24.6 Å². The highest BCUT2D eigenvalue weighted by Crippen LogP contribution is 2.33. The van der Waals surface area contributed by atoms with Crippen molar-refractivity contribution in [2.75, 3.05) is 23.4 Å². The molecule has 1 unspecified atom stereocenters. The highest BCUT2D eigenvalue weighted by molar-refractivity contribution is 5.97. The van der Waals surface area contributed by atoms with Crippen molar-refractivity contribution in [3.63, 3.8) is 0 Å². The van der Waals surface area contributed by atoms with Crippen molar-refractivity contribution in [1.29, 1.82) is 0 Å². The molecule has 2 heterocycles. The lowest BCUT2D eigenvalue weighted by Crippen LogP contribution is -2.27. The zero-order valence-corrected chi connectivity index (χ0v) is 11.2. The number of carbonyl (C=O) groups is 3. The summed E-state index contributed by atoms with van der Waals surface area (Å²) in [5.41, 5.74) is 1.16. The van der Waals surface area contributed by atoms with E-state index in [1.165, 1.54) is 4.90 Å². The lowest BCUT2D eigenvalue weighted by Gasteiger charge is -2.20. The van der Waals surface area contributed by atoms with Crippen LogP contribution < -0.4 is 15.0 Å². The predicted molar refractivity (Wildman–Crippen MR) is 73.5 cm³/mol. The summed E-state index contributed by atoms with van der Waals surface area (Å²) in [6, 6.07) is 5.12. The number of ether oxygens (including phenoxy) is 2. The van der Waals surface area contributed by atoms with Gasteiger partial charge < -0.3 is 19.6 Å². The molecule has 0 aromatic heterocycles. The second-order valence-electron chi connectivity index (χ2n) is 4.88. The monoisotopic (exact) mass is 290 g/mol. The number of rotatable bonds is 4. The van der Waals surface area contributed by atoms with Crippen molar-refractivity contribution in [2.45, 2.75) is 18.9 Å². The molecule has 2 aliphatic heterocycles. The minimum atomic E-state index is -0.450. The average molecular weight is 290 g/mol. The summed E-state index contributed by atoms with van der Waals surface area (Å²) >= 11 is 0. The van der Waals surface area contributed by atoms with Crippen LogP contribution in [-0.4, -0.2) is 37.5 Å². The molecule has 1 aromatic carbocycles. The third-order valence-electron chi connectivity index (χ3n) is 3.39. The molecule has 3 rings (SSSR count). The Hall–Kier alpha value is -2.57. The molecule has 1 fully saturated rings. The zero-order chi connectivity index (χ0) is 14.8. The minimum absolute atomic E-state index is 0.00806. The van der Waals surface area contributed by atoms with Gasteiger partial charge in [-0.3, -0.25) is 9.69 Å². The van der Waals surface area contributed by atoms with Crippen molar-refractivity contribution < 1.29 is 23.9 Å². The number of nitrogens with zero attached hydrogens (tertiary/aromatic N) is 1. The van der Waals surface area contributed by atoms with E-state index in [0.717, 1.165) is 6.29 Å². The molecule has 0 aliphatic carbocycles. The lowest BCUT2D eigenvalue weighted by atomic mass is 10.2. The van der Waals surface area contributed by atoms with Crippen LogP contribution in [0.5, 0.6) is 5.75 Å². The first-order valence-corrected chi connectivity index (χ1v) is 6.66. The number of hydrogen-bond donors (Lipinski definition) is 1. The van der Waals surface area contributed by atoms with Crippen molar-refractivity contribution in [3.05, 3.63) is 18.2 Å². The van der Waals surface area contributed by atoms with E-state index in [9.17, 15) is 14.4 Å². The number of hydrogen-bond acceptors (Lipinski definition) is 5. The standard InChI is InChI=1S/C14H14N2O5/c17-5-1-2-10-7-16(14(19)21-10)9-3-4-12-11(6-9)15-13(18)8-20-12/h3-6,10H,1-2,7-8H2,(H,15,18). The van der Waals surface area contributed by atoms with Gasteiger partial charge in [0, 0.05) is 12.1 Å². The number of amides is 2. The van der Waals surface area contributed by atoms with E-state index in [0.29, 0.717) is 36.5 Å². The first-order chi connectivity index (χ1) is 10.2. The third-order valence-corrected chi connectivity index (χ3v) is 3.39. The summed E-state index contributed by atoms with van der Waals surface area (Å²) in [5, 5.41) is 2.70. The van der Waals surface area contributed by atoms with E-state index < -0.39 is 6.09 Å². The first-order valence-electron chi connectivity index (χ1n) is 6.66. The SMILES string of the molecule is O=CCCC1CN(c2ccc3c(c2)NC(=O)CO3)C(=O)O1. The second kappa shape index (κ2) is 5.43. The fraction of sp³-hybridized carbons (Fsp3) is 0.357. The largest absolute Gasteiger partial charge is 0.482 e. The van der Waals surface area contributed by atoms with E-state index in [1.807, 2.05) is 0 Å². The van der Waals surface area contributed by atoms with Gasteiger partial charge in [0.05, 0.1) is 12.2 Å². The summed E-state index contributed by atoms with van der Waals surface area (Å²) in [7, 11) is 0. The maximum absolute atomic E-state index is 11.9. The van der Waals surface area contributed by atoms with Gasteiger partial charge in [-0.1, -0.05) is 0 Å². The van der Waals surface area contributed by atoms with Crippen LogP contribution in [0.3, 0.4) is 0 Å². The van der Waals surface area contributed by atoms with Gasteiger partial charge in [0.15, 0.2) is 6.61 Å². The van der Waals surface area contributed by atoms with Gasteiger partial charge in [-0.25, -0.2) is 4.79 Å². The molecular formula is C14H14N2O5. The van der Waals surface area contributed by atoms with E-state index in [4.69, 9.17) is 9.47 Å². The summed E-state index contributed by atoms with van der Waals surface area (Å²) in [4.78, 5) is 35.1. The Morgan fingerprint density at radius 2 is 2.24 bits per heavy atom. The fourth-order valence-electron chi connectivity index (χ4n) is 2.38. The maximum atomic E-state index is 11.9. The Labute approximate surface area is 120 Å². The fourth-order valence-corrected chi connectivity index (χ4v) is 2.38. The maximum Gasteiger partial charge on any atom is 0.414 e. The molecule has 7 heteroatoms. The molecule has 0 spiro atoms. The Bertz CT molecular complexity index is 601. The van der Waals surface area contributed by atoms with Gasteiger partial charge in [0.1, 0.15) is 18.1 Å². The average Bonchev–Trinajstić information content (AvgIpc) is 2.85. The zero-order valence-electron chi connectivity index (χ0n) is 11.2. The van der Waals surface area contributed by atoms with Crippen LogP contribution in [0.4, 0.5) is 16.2 Å². The van der Waals surface area contributed by atoms with Crippen molar-refractivity contribution >= 4 is 29.7 Å². The number of benzene rings is 1. The topological polar surface area (TPSA) is 84.9 Å². The Balaban J connectivity index is 1.78. The van der Waals surface area contributed by atoms with Crippen LogP contribution in [0.25, 0.3) is 0 Å². The molecule has 0 bridgehead atoms. The molecule has 0 radical (unpaired) electrons. The number of aldehydes is 1. The minimum Gasteiger partial charge on any atom is -0.482 e. The van der Waals surface area contributed by atoms with Crippen molar-refractivity contribution in [3.8, 4) is 5.75 Å². The van der Waals surface area contributed by atoms with Gasteiger partial charge in [0.25, 0.3) is 5.91 Å². The molecule has 1 saturated heterocycles. The van der Waals surface area contributed by atoms with Gasteiger partial charge in [0.2, 0.25) is 0 Å². The third kappa shape index (κ3) is 2.67. The summed E-state index contributed by atoms with van der Waals surface area (Å²) in [6.45, 7) is 0.381. The second-order valence-corrected chi connectivity index (χ2v) is 4.88. The molecule has 2 amide bonds. The van der Waals surface area contributed by atoms with Crippen molar-refractivity contribution in [1.82, 2.24) is 0 Å². The van der Waals surface area contributed by atoms with Crippen LogP contribution in [-0.2, 0) is 14.3 Å². The van der Waals surface area contributed by atoms with Gasteiger partial charge in [-0.2, -0.15) is 0 Å². The number of carbonyl (C=O) groups excluding carboxylic acids is 3. The van der Waals surface area contributed by atoms with E-state index in [2.05, 4.69) is 5.32 Å². The summed E-state index contributed by atoms with van der Waals surface area (Å²) < 4.78 is 10.5. The summed E-state index contributed by atoms with van der Waals surface area (Å²) in [5.74, 6) is 0.343. The Kier molecular flexibility index (Phi) is 3.47. The van der Waals surface area contributed by atoms with Crippen LogP contribution >= 0.6 is 0 Å². The molecule has 7 nitrogen and oxygen atoms in total. The molecule has 2 aliphatic rings. The lowest BCUT2D eigenvalue weighted by molar-refractivity contribution is -0.118. The number of cyclic esters (lactones) is 1. The summed E-state index contributed by atoms with van der Waals surface area (Å²) in [6.07, 6.45) is 0.942. The van der Waals surface area contributed by atoms with E-state index in [-0.39, 0.29) is 18.6 Å². The number of anilines is 2. The molecule has 1 N–H and O–H groups in total. The number of nitrogens with one attached hydrogen (secondary N) is 1. The smallest absolute Gasteiger partial charge is 0.414 e. The van der Waals surface area contributed by atoms with Crippen molar-refractivity contribution in [2.24, 2.45) is 0 Å². The van der Waals surface area contributed by atoms with Crippen LogP contribution in [0.15, 0.2) is 18.2 Å². The van der Waals surface area contributed by atoms with Gasteiger partial charge >= 0.3 is 6.09 Å². The Morgan fingerprint density at radius 1 is 1.38 bits per heavy atom. The predicted octanol–water partition coefficient (Wildman–Crippen LogP) is 1.32. The quantitative estimate of drug-likeness (QED) is 0.845. The van der Waals surface area contributed by atoms with Crippen LogP contribution in [0, 0.1) is 0 Å². The molecular weight excluding hydrogens is 276 g/mol. The molecule has 1 atom stereocenters. The molecule has 1 aromatic rings. The highest BCUT2D eigenvalue weighted by Gasteiger charge is 2.32. The van der Waals surface area contributed by atoms with Crippen LogP contribution in [0.1, 0.15) is 12.8 Å². The van der Waals surface area contributed by atoms with E-state index >= 15 is 0 Å². The highest BCUT2D eigenvalue weighted by atomic mass is 16.6. The Morgan fingerprint density at radius 3 is 3.05 bits per heavy atom. The van der Waals surface area contributed by atoms with Crippen LogP contribution in [0.2, 0.25) is 0 Å².